The molecule has 2 rings (SSSR count). The molecule has 0 saturated carbocycles. The van der Waals surface area contributed by atoms with Crippen LogP contribution >= 0.6 is 0 Å². The Morgan fingerprint density at radius 3 is 2.65 bits per heavy atom. The van der Waals surface area contributed by atoms with E-state index in [9.17, 15) is 5.11 Å². The van der Waals surface area contributed by atoms with Gasteiger partial charge in [-0.25, -0.2) is 9.67 Å². The molecule has 1 N–H and O–H groups in total. The van der Waals surface area contributed by atoms with Gasteiger partial charge in [-0.2, -0.15) is 5.10 Å². The molecule has 108 valence electrons. The lowest BCUT2D eigenvalue weighted by Crippen LogP contribution is -2.16. The summed E-state index contributed by atoms with van der Waals surface area (Å²) < 4.78 is 1.88. The zero-order valence-corrected chi connectivity index (χ0v) is 12.2. The van der Waals surface area contributed by atoms with Crippen molar-refractivity contribution < 1.29 is 5.11 Å². The molecule has 1 atom stereocenters. The second kappa shape index (κ2) is 7.20. The molecule has 20 heavy (non-hydrogen) atoms. The van der Waals surface area contributed by atoms with Crippen molar-refractivity contribution in [3.63, 3.8) is 0 Å². The molecular formula is C16H23N3O. The molecule has 2 aromatic rings. The Hall–Kier alpha value is -1.68. The number of aliphatic hydroxyl groups excluding tert-OH is 1. The van der Waals surface area contributed by atoms with Crippen LogP contribution in [0.2, 0.25) is 0 Å². The van der Waals surface area contributed by atoms with Crippen LogP contribution in [0.15, 0.2) is 36.7 Å². The van der Waals surface area contributed by atoms with Crippen LogP contribution in [-0.4, -0.2) is 26.0 Å². The highest BCUT2D eigenvalue weighted by molar-refractivity contribution is 5.14. The molecule has 0 saturated heterocycles. The Labute approximate surface area is 120 Å². The summed E-state index contributed by atoms with van der Waals surface area (Å²) in [6, 6.07) is 10.7. The maximum Gasteiger partial charge on any atom is 0.138 e. The van der Waals surface area contributed by atoms with Gasteiger partial charge in [0.2, 0.25) is 0 Å². The first kappa shape index (κ1) is 14.7. The molecule has 0 radical (unpaired) electrons. The van der Waals surface area contributed by atoms with E-state index in [0.29, 0.717) is 6.42 Å². The van der Waals surface area contributed by atoms with Gasteiger partial charge in [0, 0.05) is 12.5 Å². The summed E-state index contributed by atoms with van der Waals surface area (Å²) in [6.07, 6.45) is 4.58. The fourth-order valence-electron chi connectivity index (χ4n) is 2.35. The summed E-state index contributed by atoms with van der Waals surface area (Å²) in [4.78, 5) is 4.24. The normalized spacial score (nSPS) is 12.8. The lowest BCUT2D eigenvalue weighted by molar-refractivity contribution is 0.157. The van der Waals surface area contributed by atoms with Crippen LogP contribution in [0.25, 0.3) is 0 Å². The molecule has 0 aliphatic rings. The van der Waals surface area contributed by atoms with E-state index in [2.05, 4.69) is 48.2 Å². The molecule has 1 aromatic carbocycles. The molecule has 4 heteroatoms. The van der Waals surface area contributed by atoms with Gasteiger partial charge in [0.25, 0.3) is 0 Å². The SMILES string of the molecule is CC(C)n1ncnc1CC(O)CCCc1ccccc1. The molecule has 0 amide bonds. The third-order valence-corrected chi connectivity index (χ3v) is 3.40. The van der Waals surface area contributed by atoms with Crippen molar-refractivity contribution in [3.05, 3.63) is 48.0 Å². The van der Waals surface area contributed by atoms with Crippen LogP contribution in [0, 0.1) is 0 Å². The number of hydrogen-bond acceptors (Lipinski definition) is 3. The van der Waals surface area contributed by atoms with E-state index in [-0.39, 0.29) is 12.1 Å². The van der Waals surface area contributed by atoms with E-state index in [1.807, 2.05) is 10.7 Å². The van der Waals surface area contributed by atoms with E-state index in [1.54, 1.807) is 6.33 Å². The Morgan fingerprint density at radius 1 is 1.20 bits per heavy atom. The van der Waals surface area contributed by atoms with E-state index in [4.69, 9.17) is 0 Å². The van der Waals surface area contributed by atoms with E-state index < -0.39 is 0 Å². The van der Waals surface area contributed by atoms with Gasteiger partial charge in [-0.15, -0.1) is 0 Å². The van der Waals surface area contributed by atoms with Gasteiger partial charge >= 0.3 is 0 Å². The second-order valence-corrected chi connectivity index (χ2v) is 5.45. The Kier molecular flexibility index (Phi) is 5.30. The third kappa shape index (κ3) is 4.17. The number of aromatic nitrogens is 3. The number of rotatable bonds is 7. The molecule has 0 bridgehead atoms. The number of hydrogen-bond donors (Lipinski definition) is 1. The summed E-state index contributed by atoms with van der Waals surface area (Å²) in [5.74, 6) is 0.868. The third-order valence-electron chi connectivity index (χ3n) is 3.40. The van der Waals surface area contributed by atoms with E-state index in [0.717, 1.165) is 25.1 Å². The van der Waals surface area contributed by atoms with Gasteiger partial charge in [0.15, 0.2) is 0 Å². The monoisotopic (exact) mass is 273 g/mol. The Balaban J connectivity index is 1.78. The highest BCUT2D eigenvalue weighted by atomic mass is 16.3. The summed E-state index contributed by atoms with van der Waals surface area (Å²) >= 11 is 0. The van der Waals surface area contributed by atoms with E-state index in [1.165, 1.54) is 5.56 Å². The predicted molar refractivity (Wildman–Crippen MR) is 79.5 cm³/mol. The number of aryl methyl sites for hydroxylation is 1. The molecule has 0 aliphatic carbocycles. The Bertz CT molecular complexity index is 507. The van der Waals surface area contributed by atoms with Crippen molar-refractivity contribution in [3.8, 4) is 0 Å². The van der Waals surface area contributed by atoms with Crippen molar-refractivity contribution in [1.82, 2.24) is 14.8 Å². The molecule has 0 spiro atoms. The smallest absolute Gasteiger partial charge is 0.138 e. The number of nitrogens with zero attached hydrogens (tertiary/aromatic N) is 3. The quantitative estimate of drug-likeness (QED) is 0.844. The standard InChI is InChI=1S/C16H23N3O/c1-13(2)19-16(17-12-18-19)11-15(20)10-6-9-14-7-4-3-5-8-14/h3-5,7-8,12-13,15,20H,6,9-11H2,1-2H3. The van der Waals surface area contributed by atoms with Gasteiger partial charge in [0.05, 0.1) is 6.10 Å². The van der Waals surface area contributed by atoms with Gasteiger partial charge in [-0.05, 0) is 38.7 Å². The van der Waals surface area contributed by atoms with Crippen LogP contribution in [0.1, 0.15) is 44.1 Å². The molecule has 1 heterocycles. The fourth-order valence-corrected chi connectivity index (χ4v) is 2.35. The first-order chi connectivity index (χ1) is 9.66. The molecule has 1 aromatic heterocycles. The van der Waals surface area contributed by atoms with Gasteiger partial charge < -0.3 is 5.11 Å². The number of aliphatic hydroxyl groups is 1. The average Bonchev–Trinajstić information content (AvgIpc) is 2.88. The van der Waals surface area contributed by atoms with Gasteiger partial charge in [-0.1, -0.05) is 30.3 Å². The molecule has 1 unspecified atom stereocenters. The molecule has 0 fully saturated rings. The highest BCUT2D eigenvalue weighted by Crippen LogP contribution is 2.12. The second-order valence-electron chi connectivity index (χ2n) is 5.45. The zero-order chi connectivity index (χ0) is 14.4. The summed E-state index contributed by atoms with van der Waals surface area (Å²) in [7, 11) is 0. The average molecular weight is 273 g/mol. The first-order valence-corrected chi connectivity index (χ1v) is 7.27. The first-order valence-electron chi connectivity index (χ1n) is 7.27. The zero-order valence-electron chi connectivity index (χ0n) is 12.2. The lowest BCUT2D eigenvalue weighted by Gasteiger charge is -2.13. The summed E-state index contributed by atoms with van der Waals surface area (Å²) in [5, 5.41) is 14.3. The van der Waals surface area contributed by atoms with Crippen molar-refractivity contribution in [2.24, 2.45) is 0 Å². The fraction of sp³-hybridized carbons (Fsp3) is 0.500. The molecular weight excluding hydrogens is 250 g/mol. The van der Waals surface area contributed by atoms with Crippen LogP contribution in [0.3, 0.4) is 0 Å². The minimum Gasteiger partial charge on any atom is -0.393 e. The van der Waals surface area contributed by atoms with E-state index >= 15 is 0 Å². The summed E-state index contributed by atoms with van der Waals surface area (Å²) in [5.41, 5.74) is 1.32. The van der Waals surface area contributed by atoms with Crippen LogP contribution in [-0.2, 0) is 12.8 Å². The van der Waals surface area contributed by atoms with Crippen LogP contribution < -0.4 is 0 Å². The van der Waals surface area contributed by atoms with Crippen LogP contribution in [0.4, 0.5) is 0 Å². The largest absolute Gasteiger partial charge is 0.393 e. The lowest BCUT2D eigenvalue weighted by atomic mass is 10.0. The number of benzene rings is 1. The predicted octanol–water partition coefficient (Wildman–Crippen LogP) is 2.79. The van der Waals surface area contributed by atoms with Gasteiger partial charge in [0.1, 0.15) is 12.2 Å². The van der Waals surface area contributed by atoms with Gasteiger partial charge in [-0.3, -0.25) is 0 Å². The Morgan fingerprint density at radius 2 is 1.95 bits per heavy atom. The van der Waals surface area contributed by atoms with Crippen LogP contribution in [0.5, 0.6) is 0 Å². The van der Waals surface area contributed by atoms with Crippen molar-refractivity contribution in [1.29, 1.82) is 0 Å². The highest BCUT2D eigenvalue weighted by Gasteiger charge is 2.12. The van der Waals surface area contributed by atoms with Crippen molar-refractivity contribution >= 4 is 0 Å². The molecule has 0 aliphatic heterocycles. The molecule has 4 nitrogen and oxygen atoms in total. The minimum absolute atomic E-state index is 0.281. The maximum atomic E-state index is 10.1. The summed E-state index contributed by atoms with van der Waals surface area (Å²) in [6.45, 7) is 4.14. The minimum atomic E-state index is -0.347. The maximum absolute atomic E-state index is 10.1. The van der Waals surface area contributed by atoms with Crippen molar-refractivity contribution in [2.75, 3.05) is 0 Å². The topological polar surface area (TPSA) is 50.9 Å². The van der Waals surface area contributed by atoms with Crippen molar-refractivity contribution in [2.45, 2.75) is 51.7 Å².